The molecule has 1 unspecified atom stereocenters. The lowest BCUT2D eigenvalue weighted by molar-refractivity contribution is -0.135. The number of amides is 3. The van der Waals surface area contributed by atoms with Crippen LogP contribution in [0.1, 0.15) is 44.6 Å². The van der Waals surface area contributed by atoms with Crippen molar-refractivity contribution in [2.75, 3.05) is 11.5 Å². The van der Waals surface area contributed by atoms with Gasteiger partial charge in [0.1, 0.15) is 11.8 Å². The molecule has 39 heavy (non-hydrogen) atoms. The van der Waals surface area contributed by atoms with Crippen LogP contribution in [0.3, 0.4) is 0 Å². The van der Waals surface area contributed by atoms with Crippen molar-refractivity contribution < 1.29 is 37.4 Å². The largest absolute Gasteiger partial charge is 0.494 e. The smallest absolute Gasteiger partial charge is 0.328 e. The molecule has 0 bridgehead atoms. The number of primary sulfonamides is 1. The summed E-state index contributed by atoms with van der Waals surface area (Å²) in [5.74, 6) is -2.73. The van der Waals surface area contributed by atoms with Crippen molar-refractivity contribution in [2.45, 2.75) is 56.5 Å². The van der Waals surface area contributed by atoms with E-state index >= 15 is 0 Å². The number of carboxylic acids is 1. The number of nitrogens with two attached hydrogens (primary N) is 1. The Morgan fingerprint density at radius 1 is 1.05 bits per heavy atom. The molecule has 0 radical (unpaired) electrons. The molecule has 1 aliphatic rings. The topological polar surface area (TPSA) is 164 Å². The molecule has 0 spiro atoms. The van der Waals surface area contributed by atoms with Crippen molar-refractivity contribution in [2.24, 2.45) is 5.14 Å². The van der Waals surface area contributed by atoms with Crippen LogP contribution >= 0.6 is 0 Å². The molecule has 1 fully saturated rings. The summed E-state index contributed by atoms with van der Waals surface area (Å²) in [4.78, 5) is 52.1. The fraction of sp³-hybridized carbons (Fsp3) is 0.333. The summed E-state index contributed by atoms with van der Waals surface area (Å²) in [5.41, 5.74) is 0.760. The Balaban J connectivity index is 1.79. The summed E-state index contributed by atoms with van der Waals surface area (Å²) >= 11 is 0. The maximum Gasteiger partial charge on any atom is 0.328 e. The molecular weight excluding hydrogens is 526 g/mol. The first-order valence-corrected chi connectivity index (χ1v) is 14.0. The number of aliphatic carboxylic acids is 1. The zero-order valence-electron chi connectivity index (χ0n) is 21.5. The van der Waals surface area contributed by atoms with Gasteiger partial charge in [0.05, 0.1) is 23.6 Å². The molecular formula is C27H31N3O8S. The highest BCUT2D eigenvalue weighted by molar-refractivity contribution is 7.89. The number of carbonyl (C=O) groups excluding carboxylic acids is 3. The SMILES string of the molecule is CCCCCCOc1ccc(N2C(=O)CC(N(Cc3ccc(S(N)(=O)=O)cc3)C(=O)C=CC(=O)O)C2=O)cc1. The molecule has 0 saturated carbocycles. The van der Waals surface area contributed by atoms with Gasteiger partial charge in [0.15, 0.2) is 0 Å². The van der Waals surface area contributed by atoms with Crippen LogP contribution in [0.2, 0.25) is 0 Å². The fourth-order valence-corrected chi connectivity index (χ4v) is 4.62. The standard InChI is InChI=1S/C27H31N3O8S/c1-2-3-4-5-16-38-21-10-8-20(9-11-21)30-25(32)17-23(27(30)35)29(24(31)14-15-26(33)34)18-19-6-12-22(13-7-19)39(28,36)37/h6-15,23H,2-5,16-18H2,1H3,(H,33,34)(H2,28,36,37). The second-order valence-corrected chi connectivity index (χ2v) is 10.6. The van der Waals surface area contributed by atoms with Gasteiger partial charge in [-0.3, -0.25) is 14.4 Å². The number of anilines is 1. The van der Waals surface area contributed by atoms with Crippen LogP contribution in [0.5, 0.6) is 5.75 Å². The average Bonchev–Trinajstić information content (AvgIpc) is 3.19. The van der Waals surface area contributed by atoms with Gasteiger partial charge in [-0.05, 0) is 48.4 Å². The van der Waals surface area contributed by atoms with Crippen molar-refractivity contribution in [1.29, 1.82) is 0 Å². The molecule has 1 atom stereocenters. The third kappa shape index (κ3) is 7.98. The van der Waals surface area contributed by atoms with Crippen LogP contribution in [-0.4, -0.2) is 54.8 Å². The second-order valence-electron chi connectivity index (χ2n) is 9.02. The summed E-state index contributed by atoms with van der Waals surface area (Å²) in [6.45, 7) is 2.50. The van der Waals surface area contributed by atoms with E-state index in [1.165, 1.54) is 24.3 Å². The van der Waals surface area contributed by atoms with E-state index in [2.05, 4.69) is 6.92 Å². The third-order valence-electron chi connectivity index (χ3n) is 6.12. The molecule has 208 valence electrons. The van der Waals surface area contributed by atoms with Crippen molar-refractivity contribution >= 4 is 39.4 Å². The maximum absolute atomic E-state index is 13.4. The van der Waals surface area contributed by atoms with Gasteiger partial charge in [0, 0.05) is 18.7 Å². The highest BCUT2D eigenvalue weighted by Crippen LogP contribution is 2.29. The van der Waals surface area contributed by atoms with Gasteiger partial charge >= 0.3 is 5.97 Å². The number of imide groups is 1. The molecule has 2 aromatic carbocycles. The predicted molar refractivity (Wildman–Crippen MR) is 142 cm³/mol. The molecule has 0 aliphatic carbocycles. The molecule has 12 heteroatoms. The summed E-state index contributed by atoms with van der Waals surface area (Å²) in [7, 11) is -3.94. The molecule has 1 heterocycles. The van der Waals surface area contributed by atoms with Crippen LogP contribution in [0.15, 0.2) is 65.6 Å². The quantitative estimate of drug-likeness (QED) is 0.215. The minimum atomic E-state index is -3.94. The first kappa shape index (κ1) is 29.5. The van der Waals surface area contributed by atoms with E-state index in [1.807, 2.05) is 0 Å². The Hall–Kier alpha value is -4.03. The number of sulfonamides is 1. The van der Waals surface area contributed by atoms with Crippen molar-refractivity contribution in [3.8, 4) is 5.75 Å². The summed E-state index contributed by atoms with van der Waals surface area (Å²) in [6, 6.07) is 10.6. The normalized spacial score (nSPS) is 15.6. The molecule has 3 N–H and O–H groups in total. The van der Waals surface area contributed by atoms with Crippen LogP contribution in [0, 0.1) is 0 Å². The van der Waals surface area contributed by atoms with Gasteiger partial charge in [-0.15, -0.1) is 0 Å². The number of unbranched alkanes of at least 4 members (excludes halogenated alkanes) is 3. The van der Waals surface area contributed by atoms with Crippen LogP contribution < -0.4 is 14.8 Å². The van der Waals surface area contributed by atoms with Gasteiger partial charge in [0.25, 0.3) is 5.91 Å². The van der Waals surface area contributed by atoms with Crippen molar-refractivity contribution in [1.82, 2.24) is 4.90 Å². The zero-order valence-corrected chi connectivity index (χ0v) is 22.3. The maximum atomic E-state index is 13.4. The number of nitrogens with zero attached hydrogens (tertiary/aromatic N) is 2. The van der Waals surface area contributed by atoms with Crippen LogP contribution in [0.25, 0.3) is 0 Å². The lowest BCUT2D eigenvalue weighted by Gasteiger charge is -2.27. The number of carbonyl (C=O) groups is 4. The average molecular weight is 558 g/mol. The van der Waals surface area contributed by atoms with Crippen LogP contribution in [-0.2, 0) is 35.7 Å². The Kier molecular flexibility index (Phi) is 9.96. The lowest BCUT2D eigenvalue weighted by atomic mass is 10.1. The minimum absolute atomic E-state index is 0.137. The molecule has 1 aliphatic heterocycles. The summed E-state index contributed by atoms with van der Waals surface area (Å²) in [6.07, 6.45) is 5.38. The number of carboxylic acid groups (broad SMARTS) is 1. The first-order valence-electron chi connectivity index (χ1n) is 12.4. The van der Waals surface area contributed by atoms with E-state index in [4.69, 9.17) is 15.0 Å². The molecule has 3 rings (SSSR count). The van der Waals surface area contributed by atoms with Crippen molar-refractivity contribution in [3.63, 3.8) is 0 Å². The van der Waals surface area contributed by atoms with E-state index in [0.29, 0.717) is 29.7 Å². The van der Waals surface area contributed by atoms with Gasteiger partial charge in [-0.1, -0.05) is 38.3 Å². The Morgan fingerprint density at radius 2 is 1.72 bits per heavy atom. The van der Waals surface area contributed by atoms with Gasteiger partial charge in [-0.25, -0.2) is 23.3 Å². The summed E-state index contributed by atoms with van der Waals surface area (Å²) < 4.78 is 28.8. The van der Waals surface area contributed by atoms with E-state index in [9.17, 15) is 27.6 Å². The number of hydrogen-bond acceptors (Lipinski definition) is 7. The lowest BCUT2D eigenvalue weighted by Crippen LogP contribution is -2.44. The van der Waals surface area contributed by atoms with Crippen LogP contribution in [0.4, 0.5) is 5.69 Å². The predicted octanol–water partition coefficient (Wildman–Crippen LogP) is 2.59. The monoisotopic (exact) mass is 557 g/mol. The Morgan fingerprint density at radius 3 is 2.31 bits per heavy atom. The minimum Gasteiger partial charge on any atom is -0.494 e. The Labute approximate surface area is 226 Å². The highest BCUT2D eigenvalue weighted by Gasteiger charge is 2.44. The van der Waals surface area contributed by atoms with Gasteiger partial charge < -0.3 is 14.7 Å². The number of ether oxygens (including phenoxy) is 1. The van der Waals surface area contributed by atoms with Gasteiger partial charge in [-0.2, -0.15) is 0 Å². The molecule has 1 saturated heterocycles. The Bertz CT molecular complexity index is 1340. The number of hydrogen-bond donors (Lipinski definition) is 2. The highest BCUT2D eigenvalue weighted by atomic mass is 32.2. The van der Waals surface area contributed by atoms with E-state index in [-0.39, 0.29) is 17.9 Å². The van der Waals surface area contributed by atoms with E-state index in [1.54, 1.807) is 24.3 Å². The number of benzene rings is 2. The molecule has 11 nitrogen and oxygen atoms in total. The van der Waals surface area contributed by atoms with E-state index < -0.39 is 39.8 Å². The van der Waals surface area contributed by atoms with E-state index in [0.717, 1.165) is 41.6 Å². The second kappa shape index (κ2) is 13.2. The molecule has 2 aromatic rings. The molecule has 3 amide bonds. The zero-order chi connectivity index (χ0) is 28.6. The van der Waals surface area contributed by atoms with Gasteiger partial charge in [0.2, 0.25) is 21.8 Å². The first-order chi connectivity index (χ1) is 18.5. The summed E-state index contributed by atoms with van der Waals surface area (Å²) in [5, 5.41) is 14.1. The third-order valence-corrected chi connectivity index (χ3v) is 7.05. The molecule has 0 aromatic heterocycles. The van der Waals surface area contributed by atoms with Crippen molar-refractivity contribution in [3.05, 3.63) is 66.2 Å². The fourth-order valence-electron chi connectivity index (χ4n) is 4.10. The number of rotatable bonds is 13.